The Morgan fingerprint density at radius 3 is 2.83 bits per heavy atom. The van der Waals surface area contributed by atoms with Crippen molar-refractivity contribution in [2.75, 3.05) is 23.3 Å². The van der Waals surface area contributed by atoms with Gasteiger partial charge in [-0.25, -0.2) is 4.79 Å². The maximum absolute atomic E-state index is 12.6. The maximum Gasteiger partial charge on any atom is 0.331 e. The fraction of sp³-hybridized carbons (Fsp3) is 0.238. The summed E-state index contributed by atoms with van der Waals surface area (Å²) in [5.41, 5.74) is 1.07. The van der Waals surface area contributed by atoms with Crippen LogP contribution in [0.25, 0.3) is 10.8 Å². The number of halogens is 1. The SMILES string of the molecule is N#Cc1cccc(NC(=O)N(S)C2CCN(c3nncc4cc(Br)ccc34)CC2)c1. The number of benzene rings is 2. The number of hydrogen-bond donors (Lipinski definition) is 2. The molecule has 2 heterocycles. The number of hydrogen-bond acceptors (Lipinski definition) is 6. The second-order valence-corrected chi connectivity index (χ2v) is 8.43. The van der Waals surface area contributed by atoms with Crippen molar-refractivity contribution in [2.24, 2.45) is 0 Å². The number of carbonyl (C=O) groups excluding carboxylic acids is 1. The van der Waals surface area contributed by atoms with Gasteiger partial charge in [0.05, 0.1) is 17.8 Å². The van der Waals surface area contributed by atoms with Crippen molar-refractivity contribution in [3.8, 4) is 6.07 Å². The molecule has 0 saturated carbocycles. The third-order valence-electron chi connectivity index (χ3n) is 5.16. The van der Waals surface area contributed by atoms with Crippen molar-refractivity contribution in [2.45, 2.75) is 18.9 Å². The third-order valence-corrected chi connectivity index (χ3v) is 6.17. The molecule has 1 aliphatic rings. The van der Waals surface area contributed by atoms with Crippen molar-refractivity contribution >= 4 is 57.1 Å². The molecule has 0 spiro atoms. The Hall–Kier alpha value is -2.83. The van der Waals surface area contributed by atoms with Crippen LogP contribution in [-0.2, 0) is 0 Å². The van der Waals surface area contributed by atoms with Gasteiger partial charge < -0.3 is 10.2 Å². The number of aromatic nitrogens is 2. The minimum atomic E-state index is -0.304. The van der Waals surface area contributed by atoms with E-state index in [4.69, 9.17) is 5.26 Å². The van der Waals surface area contributed by atoms with Gasteiger partial charge in [0.1, 0.15) is 0 Å². The second-order valence-electron chi connectivity index (χ2n) is 7.09. The molecule has 0 radical (unpaired) electrons. The number of urea groups is 1. The lowest BCUT2D eigenvalue weighted by Gasteiger charge is -2.36. The Morgan fingerprint density at radius 2 is 2.07 bits per heavy atom. The van der Waals surface area contributed by atoms with Gasteiger partial charge in [0, 0.05) is 40.1 Å². The molecular weight excluding hydrogens is 464 g/mol. The number of carbonyl (C=O) groups is 1. The van der Waals surface area contributed by atoms with Gasteiger partial charge in [-0.05, 0) is 49.2 Å². The highest BCUT2D eigenvalue weighted by molar-refractivity contribution is 9.10. The molecule has 1 N–H and O–H groups in total. The summed E-state index contributed by atoms with van der Waals surface area (Å²) in [5.74, 6) is 0.863. The zero-order valence-corrected chi connectivity index (χ0v) is 18.5. The summed E-state index contributed by atoms with van der Waals surface area (Å²) in [5, 5.41) is 22.4. The van der Waals surface area contributed by atoms with E-state index in [1.807, 2.05) is 18.2 Å². The highest BCUT2D eigenvalue weighted by Gasteiger charge is 2.27. The van der Waals surface area contributed by atoms with E-state index in [1.165, 1.54) is 4.31 Å². The van der Waals surface area contributed by atoms with E-state index in [0.717, 1.165) is 47.0 Å². The maximum atomic E-state index is 12.6. The highest BCUT2D eigenvalue weighted by atomic mass is 79.9. The van der Waals surface area contributed by atoms with Crippen LogP contribution in [0.1, 0.15) is 18.4 Å². The first kappa shape index (κ1) is 20.4. The van der Waals surface area contributed by atoms with Crippen molar-refractivity contribution in [1.29, 1.82) is 5.26 Å². The van der Waals surface area contributed by atoms with Crippen LogP contribution >= 0.6 is 28.7 Å². The fourth-order valence-corrected chi connectivity index (χ4v) is 4.27. The standard InChI is InChI=1S/C21H19BrN6OS/c22-16-4-5-19-15(11-16)13-24-26-20(19)27-8-6-18(7-9-27)28(30)21(29)25-17-3-1-2-14(10-17)12-23/h1-5,10-11,13,18,30H,6-9H2,(H,25,29). The average molecular weight is 483 g/mol. The number of nitriles is 1. The molecule has 1 aliphatic heterocycles. The summed E-state index contributed by atoms with van der Waals surface area (Å²) < 4.78 is 2.45. The van der Waals surface area contributed by atoms with Gasteiger partial charge in [-0.1, -0.05) is 34.8 Å². The molecule has 0 unspecified atom stereocenters. The summed E-state index contributed by atoms with van der Waals surface area (Å²) >= 11 is 7.93. The van der Waals surface area contributed by atoms with Gasteiger partial charge in [-0.15, -0.1) is 5.10 Å². The number of thiol groups is 1. The number of rotatable bonds is 3. The van der Waals surface area contributed by atoms with E-state index in [1.54, 1.807) is 30.5 Å². The van der Waals surface area contributed by atoms with E-state index >= 15 is 0 Å². The summed E-state index contributed by atoms with van der Waals surface area (Å²) in [6.07, 6.45) is 3.30. The van der Waals surface area contributed by atoms with Gasteiger partial charge in [-0.2, -0.15) is 10.4 Å². The van der Waals surface area contributed by atoms with Crippen LogP contribution < -0.4 is 10.2 Å². The van der Waals surface area contributed by atoms with Crippen LogP contribution in [0.5, 0.6) is 0 Å². The third kappa shape index (κ3) is 4.35. The smallest absolute Gasteiger partial charge is 0.331 e. The van der Waals surface area contributed by atoms with E-state index in [-0.39, 0.29) is 12.1 Å². The van der Waals surface area contributed by atoms with Crippen molar-refractivity contribution in [3.05, 3.63) is 58.7 Å². The summed E-state index contributed by atoms with van der Waals surface area (Å²) in [6.45, 7) is 1.51. The van der Waals surface area contributed by atoms with Crippen molar-refractivity contribution in [3.63, 3.8) is 0 Å². The van der Waals surface area contributed by atoms with Gasteiger partial charge in [0.15, 0.2) is 5.82 Å². The van der Waals surface area contributed by atoms with Crippen molar-refractivity contribution < 1.29 is 4.79 Å². The Bertz CT molecular complexity index is 1130. The van der Waals surface area contributed by atoms with Crippen LogP contribution in [0, 0.1) is 11.3 Å². The molecule has 7 nitrogen and oxygen atoms in total. The Labute approximate surface area is 188 Å². The molecule has 0 bridgehead atoms. The normalized spacial score (nSPS) is 14.4. The minimum Gasteiger partial charge on any atom is -0.354 e. The van der Waals surface area contributed by atoms with E-state index in [0.29, 0.717) is 11.3 Å². The van der Waals surface area contributed by atoms with Crippen LogP contribution in [0.3, 0.4) is 0 Å². The summed E-state index contributed by atoms with van der Waals surface area (Å²) in [7, 11) is 0. The molecule has 9 heteroatoms. The lowest BCUT2D eigenvalue weighted by atomic mass is 10.0. The molecule has 1 saturated heterocycles. The van der Waals surface area contributed by atoms with Gasteiger partial charge >= 0.3 is 6.03 Å². The quantitative estimate of drug-likeness (QED) is 0.532. The molecule has 4 rings (SSSR count). The number of fused-ring (bicyclic) bond motifs is 1. The molecular formula is C21H19BrN6OS. The number of anilines is 2. The molecule has 3 aromatic rings. The lowest BCUT2D eigenvalue weighted by Crippen LogP contribution is -2.45. The Kier molecular flexibility index (Phi) is 6.06. The highest BCUT2D eigenvalue weighted by Crippen LogP contribution is 2.29. The molecule has 0 aliphatic carbocycles. The largest absolute Gasteiger partial charge is 0.354 e. The zero-order chi connectivity index (χ0) is 21.1. The predicted molar refractivity (Wildman–Crippen MR) is 123 cm³/mol. The van der Waals surface area contributed by atoms with E-state index in [9.17, 15) is 4.79 Å². The molecule has 1 fully saturated rings. The molecule has 0 atom stereocenters. The van der Waals surface area contributed by atoms with E-state index < -0.39 is 0 Å². The first-order valence-electron chi connectivity index (χ1n) is 9.50. The minimum absolute atomic E-state index is 0.000753. The van der Waals surface area contributed by atoms with Crippen LogP contribution in [-0.4, -0.2) is 39.7 Å². The number of piperidine rings is 1. The van der Waals surface area contributed by atoms with E-state index in [2.05, 4.69) is 55.2 Å². The number of nitrogens with zero attached hydrogens (tertiary/aromatic N) is 5. The molecule has 30 heavy (non-hydrogen) atoms. The van der Waals surface area contributed by atoms with Gasteiger partial charge in [0.25, 0.3) is 0 Å². The topological polar surface area (TPSA) is 85.2 Å². The molecule has 2 aromatic carbocycles. The second kappa shape index (κ2) is 8.90. The number of nitrogens with one attached hydrogen (secondary N) is 1. The Morgan fingerprint density at radius 1 is 1.27 bits per heavy atom. The summed E-state index contributed by atoms with van der Waals surface area (Å²) in [4.78, 5) is 14.8. The van der Waals surface area contributed by atoms with Gasteiger partial charge in [0.2, 0.25) is 0 Å². The van der Waals surface area contributed by atoms with Crippen LogP contribution in [0.2, 0.25) is 0 Å². The molecule has 2 amide bonds. The lowest BCUT2D eigenvalue weighted by molar-refractivity contribution is 0.223. The average Bonchev–Trinajstić information content (AvgIpc) is 2.78. The monoisotopic (exact) mass is 482 g/mol. The molecule has 152 valence electrons. The predicted octanol–water partition coefficient (Wildman–Crippen LogP) is 4.61. The van der Waals surface area contributed by atoms with Crippen molar-refractivity contribution in [1.82, 2.24) is 14.5 Å². The molecule has 1 aromatic heterocycles. The summed E-state index contributed by atoms with van der Waals surface area (Å²) in [6, 6.07) is 14.7. The number of amides is 2. The first-order valence-corrected chi connectivity index (χ1v) is 10.7. The van der Waals surface area contributed by atoms with Crippen LogP contribution in [0.15, 0.2) is 53.1 Å². The first-order chi connectivity index (χ1) is 14.5. The Balaban J connectivity index is 1.40. The fourth-order valence-electron chi connectivity index (χ4n) is 3.61. The van der Waals surface area contributed by atoms with Gasteiger partial charge in [-0.3, -0.25) is 4.31 Å². The zero-order valence-electron chi connectivity index (χ0n) is 16.0. The van der Waals surface area contributed by atoms with Crippen LogP contribution in [0.4, 0.5) is 16.3 Å².